The molecule has 0 atom stereocenters. The van der Waals surface area contributed by atoms with Crippen molar-refractivity contribution in [1.82, 2.24) is 29.4 Å². The second-order valence-corrected chi connectivity index (χ2v) is 37.4. The van der Waals surface area contributed by atoms with Crippen LogP contribution in [-0.4, -0.2) is 221 Å². The third-order valence-electron chi connectivity index (χ3n) is 26.5. The fourth-order valence-corrected chi connectivity index (χ4v) is 20.3. The van der Waals surface area contributed by atoms with E-state index in [-0.39, 0.29) is 47.5 Å². The number of unbranched alkanes of at least 4 members (excludes halogenated alkanes) is 20. The molecule has 0 amide bonds. The zero-order valence-corrected chi connectivity index (χ0v) is 76.7. The molecule has 8 aliphatic carbocycles. The largest absolute Gasteiger partial charge is 0.465 e. The Morgan fingerprint density at radius 2 is 0.534 bits per heavy atom. The van der Waals surface area contributed by atoms with Gasteiger partial charge < -0.3 is 38.2 Å². The van der Waals surface area contributed by atoms with Gasteiger partial charge >= 0.3 is 35.8 Å². The number of piperidine rings is 4. The molecular weight excluding hydrogens is 1450 g/mol. The van der Waals surface area contributed by atoms with Gasteiger partial charge in [-0.3, -0.25) is 48.4 Å². The molecule has 12 fully saturated rings. The highest BCUT2D eigenvalue weighted by molar-refractivity contribution is 5.73. The van der Waals surface area contributed by atoms with Gasteiger partial charge in [-0.25, -0.2) is 0 Å². The van der Waals surface area contributed by atoms with Crippen molar-refractivity contribution in [2.45, 2.75) is 407 Å². The molecule has 18 nitrogen and oxygen atoms in total. The number of carbonyl (C=O) groups excluding carboxylic acids is 6. The summed E-state index contributed by atoms with van der Waals surface area (Å²) in [6.45, 7) is 36.8. The number of likely N-dealkylation sites (tertiary alicyclic amines) is 4. The smallest absolute Gasteiger partial charge is 0.320 e. The van der Waals surface area contributed by atoms with Crippen molar-refractivity contribution in [3.8, 4) is 0 Å². The maximum atomic E-state index is 12.5. The molecule has 12 rings (SSSR count). The summed E-state index contributed by atoms with van der Waals surface area (Å²) in [7, 11) is 0. The molecule has 8 bridgehead atoms. The summed E-state index contributed by atoms with van der Waals surface area (Å²) in [6.07, 6.45) is 65.1. The lowest BCUT2D eigenvalue weighted by molar-refractivity contribution is -0.187. The second kappa shape index (κ2) is 66.2. The van der Waals surface area contributed by atoms with Crippen molar-refractivity contribution in [3.63, 3.8) is 0 Å². The molecule has 18 heteroatoms. The fourth-order valence-electron chi connectivity index (χ4n) is 20.3. The van der Waals surface area contributed by atoms with E-state index >= 15 is 0 Å². The van der Waals surface area contributed by atoms with Crippen molar-refractivity contribution >= 4 is 35.8 Å². The Labute approximate surface area is 711 Å². The van der Waals surface area contributed by atoms with Crippen LogP contribution in [0.25, 0.3) is 0 Å². The predicted molar refractivity (Wildman–Crippen MR) is 476 cm³/mol. The second-order valence-electron chi connectivity index (χ2n) is 37.4. The molecule has 12 aliphatic rings. The van der Waals surface area contributed by atoms with Gasteiger partial charge in [0.2, 0.25) is 0 Å². The first-order valence-electron chi connectivity index (χ1n) is 50.0. The molecule has 676 valence electrons. The van der Waals surface area contributed by atoms with Gasteiger partial charge in [0.1, 0.15) is 11.7 Å². The minimum Gasteiger partial charge on any atom is -0.465 e. The lowest BCUT2D eigenvalue weighted by Crippen LogP contribution is -2.52. The van der Waals surface area contributed by atoms with Gasteiger partial charge in [-0.2, -0.15) is 0 Å². The maximum absolute atomic E-state index is 12.5. The number of hydrogen-bond acceptors (Lipinski definition) is 18. The van der Waals surface area contributed by atoms with E-state index in [9.17, 15) is 28.8 Å². The highest BCUT2D eigenvalue weighted by Crippen LogP contribution is 2.58. The van der Waals surface area contributed by atoms with Crippen molar-refractivity contribution in [2.24, 2.45) is 41.4 Å². The Bertz CT molecular complexity index is 2390. The third-order valence-corrected chi connectivity index (χ3v) is 26.5. The summed E-state index contributed by atoms with van der Waals surface area (Å²) in [4.78, 5) is 84.8. The Morgan fingerprint density at radius 3 is 0.836 bits per heavy atom. The van der Waals surface area contributed by atoms with Crippen LogP contribution in [-0.2, 0) is 57.2 Å². The molecule has 0 N–H and O–H groups in total. The molecule has 8 saturated carbocycles. The molecule has 0 aromatic heterocycles. The van der Waals surface area contributed by atoms with Gasteiger partial charge in [0.15, 0.2) is 0 Å². The van der Waals surface area contributed by atoms with Gasteiger partial charge in [0.25, 0.3) is 0 Å². The number of nitrogens with zero attached hydrogens (tertiary/aromatic N) is 6. The summed E-state index contributed by atoms with van der Waals surface area (Å²) in [6, 6.07) is 0. The van der Waals surface area contributed by atoms with Crippen LogP contribution in [0.4, 0.5) is 0 Å². The molecular formula is C98H182N6O12. The summed E-state index contributed by atoms with van der Waals surface area (Å²) in [5.74, 6) is 5.74. The minimum atomic E-state index is -0.0660. The predicted octanol–water partition coefficient (Wildman–Crippen LogP) is 21.4. The normalized spacial score (nSPS) is 24.1. The standard InChI is InChI=1S/2C21H37NO2.C17H33NO2.C15H29NO2.C13H25NO2.C11H21NO2/c1-3-5-8-22(9-6-4-2)10-7-20(23)24-21-14-17-11-18(15-21)13-19(12-17)16-21;1-3-5-8-22(9-6-4-2)10-7-20(23)24-21-18-12-16-11-17(14-18)15-19(21)13-16;1-2-3-4-5-6-7-8-12-15-20-17(19)16-18-13-10-9-11-14-18;1-2-3-4-5-6-10-13-18-15(17)14-16-11-8-7-9-12-16;1-2-3-4-8-11-16-13(15)12-14-9-6-5-7-10-14;1-2-3-9-14-11(13)10-12-7-5-4-6-8-12/h17-19H,3-16H2,1-2H3;16-19,21H,3-15H2,1-2H3;2-16H2,1H3;2-14H2,1H3;2-12H2,1H3;2-10H2,1H3. The van der Waals surface area contributed by atoms with Crippen LogP contribution in [0.2, 0.25) is 0 Å². The Kier molecular flexibility index (Phi) is 58.8. The van der Waals surface area contributed by atoms with Gasteiger partial charge in [-0.1, -0.05) is 209 Å². The average molecular weight is 1640 g/mol. The summed E-state index contributed by atoms with van der Waals surface area (Å²) < 4.78 is 33.1. The fraction of sp³-hybridized carbons (Fsp3) is 0.939. The van der Waals surface area contributed by atoms with Crippen molar-refractivity contribution < 1.29 is 57.2 Å². The Hall–Kier alpha value is -3.42. The van der Waals surface area contributed by atoms with Gasteiger partial charge in [0.05, 0.1) is 65.4 Å². The van der Waals surface area contributed by atoms with Crippen LogP contribution >= 0.6 is 0 Å². The number of esters is 6. The van der Waals surface area contributed by atoms with Crippen molar-refractivity contribution in [3.05, 3.63) is 0 Å². The molecule has 0 unspecified atom stereocenters. The molecule has 4 saturated heterocycles. The van der Waals surface area contributed by atoms with Crippen LogP contribution in [0.3, 0.4) is 0 Å². The Morgan fingerprint density at radius 1 is 0.276 bits per heavy atom. The number of carbonyl (C=O) groups is 6. The van der Waals surface area contributed by atoms with Crippen LogP contribution in [0, 0.1) is 41.4 Å². The van der Waals surface area contributed by atoms with Crippen LogP contribution in [0.15, 0.2) is 0 Å². The van der Waals surface area contributed by atoms with E-state index in [0.717, 1.165) is 173 Å². The summed E-state index contributed by atoms with van der Waals surface area (Å²) in [5, 5.41) is 0. The van der Waals surface area contributed by atoms with E-state index in [1.54, 1.807) is 0 Å². The first-order valence-corrected chi connectivity index (χ1v) is 50.0. The van der Waals surface area contributed by atoms with E-state index in [1.807, 2.05) is 0 Å². The maximum Gasteiger partial charge on any atom is 0.320 e. The van der Waals surface area contributed by atoms with E-state index < -0.39 is 0 Å². The lowest BCUT2D eigenvalue weighted by Gasteiger charge is -2.55. The summed E-state index contributed by atoms with van der Waals surface area (Å²) in [5.41, 5.74) is -0.0660. The third kappa shape index (κ3) is 47.9. The molecule has 4 heterocycles. The highest BCUT2D eigenvalue weighted by Gasteiger charge is 2.53. The van der Waals surface area contributed by atoms with Crippen molar-refractivity contribution in [2.75, 3.05) is 144 Å². The average Bonchev–Trinajstić information content (AvgIpc) is 0.768. The first kappa shape index (κ1) is 103. The van der Waals surface area contributed by atoms with E-state index in [1.165, 1.54) is 276 Å². The minimum absolute atomic E-state index is 0.0326. The van der Waals surface area contributed by atoms with E-state index in [0.29, 0.717) is 77.3 Å². The number of rotatable bonds is 52. The molecule has 116 heavy (non-hydrogen) atoms. The lowest BCUT2D eigenvalue weighted by atomic mass is 9.54. The summed E-state index contributed by atoms with van der Waals surface area (Å²) >= 11 is 0. The SMILES string of the molecule is CCCCCCCCCCOC(=O)CN1CCCCC1.CCCCCCCCOC(=O)CN1CCCCC1.CCCCCCOC(=O)CN1CCCCC1.CCCCN(CCCC)CCC(=O)OC12CC3CC(CC(C3)C1)C2.CCCCN(CCCC)CCC(=O)OC1C2CC3CC(C2)CC1C3.CCCCOC(=O)CN1CCCCC1. The van der Waals surface area contributed by atoms with Crippen molar-refractivity contribution in [1.29, 1.82) is 0 Å². The topological polar surface area (TPSA) is 177 Å². The van der Waals surface area contributed by atoms with Gasteiger partial charge in [-0.05, 0) is 293 Å². The molecule has 4 aliphatic heterocycles. The zero-order chi connectivity index (χ0) is 83.3. The highest BCUT2D eigenvalue weighted by atomic mass is 16.6. The zero-order valence-electron chi connectivity index (χ0n) is 76.7. The first-order chi connectivity index (χ1) is 56.6. The van der Waals surface area contributed by atoms with Crippen LogP contribution < -0.4 is 0 Å². The van der Waals surface area contributed by atoms with Crippen LogP contribution in [0.5, 0.6) is 0 Å². The molecule has 0 aromatic rings. The molecule has 0 aromatic carbocycles. The van der Waals surface area contributed by atoms with E-state index in [2.05, 4.69) is 84.8 Å². The number of hydrogen-bond donors (Lipinski definition) is 0. The van der Waals surface area contributed by atoms with E-state index in [4.69, 9.17) is 28.4 Å². The quantitative estimate of drug-likeness (QED) is 0.0319. The van der Waals surface area contributed by atoms with Gasteiger partial charge in [-0.15, -0.1) is 0 Å². The monoisotopic (exact) mass is 1640 g/mol. The Balaban J connectivity index is 0.000000251. The number of ether oxygens (including phenoxy) is 6. The van der Waals surface area contributed by atoms with Gasteiger partial charge in [0, 0.05) is 13.1 Å². The molecule has 0 spiro atoms. The molecule has 0 radical (unpaired) electrons. The van der Waals surface area contributed by atoms with Crippen LogP contribution in [0.1, 0.15) is 396 Å².